The van der Waals surface area contributed by atoms with Crippen LogP contribution in [-0.4, -0.2) is 30.6 Å². The Labute approximate surface area is 173 Å². The monoisotopic (exact) mass is 394 g/mol. The van der Waals surface area contributed by atoms with Crippen LogP contribution in [0.2, 0.25) is 0 Å². The SMILES string of the molecule is CCN(Cc1ccccc1)c1c(C(=O)OC(C)(C)C)cccc1N1CCCC1=O. The Kier molecular flexibility index (Phi) is 6.26. The Morgan fingerprint density at radius 3 is 2.41 bits per heavy atom. The van der Waals surface area contributed by atoms with Gasteiger partial charge < -0.3 is 14.5 Å². The zero-order chi connectivity index (χ0) is 21.0. The number of carbonyl (C=O) groups excluding carboxylic acids is 2. The highest BCUT2D eigenvalue weighted by Crippen LogP contribution is 2.37. The molecule has 2 aromatic rings. The van der Waals surface area contributed by atoms with Crippen LogP contribution >= 0.6 is 0 Å². The number of hydrogen-bond acceptors (Lipinski definition) is 4. The Balaban J connectivity index is 2.08. The quantitative estimate of drug-likeness (QED) is 0.661. The molecule has 1 aliphatic rings. The lowest BCUT2D eigenvalue weighted by atomic mass is 10.1. The molecule has 5 heteroatoms. The molecule has 1 heterocycles. The number of carbonyl (C=O) groups is 2. The van der Waals surface area contributed by atoms with E-state index >= 15 is 0 Å². The molecule has 5 nitrogen and oxygen atoms in total. The van der Waals surface area contributed by atoms with E-state index in [2.05, 4.69) is 24.0 Å². The molecule has 0 aromatic heterocycles. The lowest BCUT2D eigenvalue weighted by Gasteiger charge is -2.31. The average Bonchev–Trinajstić information content (AvgIpc) is 3.11. The third-order valence-electron chi connectivity index (χ3n) is 4.91. The Bertz CT molecular complexity index is 871. The van der Waals surface area contributed by atoms with E-state index < -0.39 is 5.60 Å². The zero-order valence-corrected chi connectivity index (χ0v) is 17.8. The number of nitrogens with zero attached hydrogens (tertiary/aromatic N) is 2. The minimum Gasteiger partial charge on any atom is -0.456 e. The van der Waals surface area contributed by atoms with Gasteiger partial charge in [-0.1, -0.05) is 36.4 Å². The lowest BCUT2D eigenvalue weighted by Crippen LogP contribution is -2.32. The number of hydrogen-bond donors (Lipinski definition) is 0. The maximum absolute atomic E-state index is 13.1. The molecule has 0 atom stereocenters. The highest BCUT2D eigenvalue weighted by atomic mass is 16.6. The van der Waals surface area contributed by atoms with Crippen molar-refractivity contribution in [3.05, 3.63) is 59.7 Å². The molecule has 1 amide bonds. The Morgan fingerprint density at radius 2 is 1.83 bits per heavy atom. The second-order valence-corrected chi connectivity index (χ2v) is 8.32. The molecule has 1 fully saturated rings. The summed E-state index contributed by atoms with van der Waals surface area (Å²) < 4.78 is 5.68. The van der Waals surface area contributed by atoms with Gasteiger partial charge in [0.2, 0.25) is 5.91 Å². The first-order valence-electron chi connectivity index (χ1n) is 10.3. The van der Waals surface area contributed by atoms with Crippen LogP contribution in [0.1, 0.15) is 56.5 Å². The van der Waals surface area contributed by atoms with Crippen LogP contribution in [0.15, 0.2) is 48.5 Å². The normalized spacial score (nSPS) is 14.2. The molecule has 0 N–H and O–H groups in total. The van der Waals surface area contributed by atoms with Crippen molar-refractivity contribution in [2.75, 3.05) is 22.9 Å². The Morgan fingerprint density at radius 1 is 1.10 bits per heavy atom. The van der Waals surface area contributed by atoms with Crippen molar-refractivity contribution in [3.63, 3.8) is 0 Å². The van der Waals surface area contributed by atoms with Crippen LogP contribution in [0.3, 0.4) is 0 Å². The number of esters is 1. The summed E-state index contributed by atoms with van der Waals surface area (Å²) >= 11 is 0. The van der Waals surface area contributed by atoms with Gasteiger partial charge in [-0.2, -0.15) is 0 Å². The first-order chi connectivity index (χ1) is 13.8. The summed E-state index contributed by atoms with van der Waals surface area (Å²) in [7, 11) is 0. The summed E-state index contributed by atoms with van der Waals surface area (Å²) in [4.78, 5) is 29.5. The number of benzene rings is 2. The minimum absolute atomic E-state index is 0.100. The lowest BCUT2D eigenvalue weighted by molar-refractivity contribution is -0.117. The molecular weight excluding hydrogens is 364 g/mol. The molecule has 0 aliphatic carbocycles. The first-order valence-corrected chi connectivity index (χ1v) is 10.3. The summed E-state index contributed by atoms with van der Waals surface area (Å²) in [6.07, 6.45) is 1.38. The average molecular weight is 395 g/mol. The predicted octanol–water partition coefficient (Wildman–Crippen LogP) is 4.80. The van der Waals surface area contributed by atoms with E-state index in [1.807, 2.05) is 51.1 Å². The van der Waals surface area contributed by atoms with Crippen molar-refractivity contribution in [2.45, 2.75) is 52.7 Å². The number of amides is 1. The minimum atomic E-state index is -0.593. The van der Waals surface area contributed by atoms with E-state index in [0.717, 1.165) is 23.4 Å². The van der Waals surface area contributed by atoms with Gasteiger partial charge in [0.15, 0.2) is 0 Å². The third kappa shape index (κ3) is 4.97. The van der Waals surface area contributed by atoms with Gasteiger partial charge >= 0.3 is 5.97 Å². The van der Waals surface area contributed by atoms with Gasteiger partial charge in [-0.05, 0) is 51.8 Å². The van der Waals surface area contributed by atoms with Crippen molar-refractivity contribution in [1.29, 1.82) is 0 Å². The number of ether oxygens (including phenoxy) is 1. The molecular formula is C24H30N2O3. The van der Waals surface area contributed by atoms with E-state index in [4.69, 9.17) is 4.74 Å². The van der Waals surface area contributed by atoms with Crippen LogP contribution in [0.4, 0.5) is 11.4 Å². The second-order valence-electron chi connectivity index (χ2n) is 8.32. The predicted molar refractivity (Wildman–Crippen MR) is 116 cm³/mol. The highest BCUT2D eigenvalue weighted by molar-refractivity contribution is 6.05. The molecule has 0 saturated carbocycles. The van der Waals surface area contributed by atoms with Crippen molar-refractivity contribution in [3.8, 4) is 0 Å². The van der Waals surface area contributed by atoms with Crippen LogP contribution < -0.4 is 9.80 Å². The fourth-order valence-corrected chi connectivity index (χ4v) is 3.63. The third-order valence-corrected chi connectivity index (χ3v) is 4.91. The van der Waals surface area contributed by atoms with E-state index in [0.29, 0.717) is 31.6 Å². The summed E-state index contributed by atoms with van der Waals surface area (Å²) in [6, 6.07) is 15.7. The van der Waals surface area contributed by atoms with Crippen molar-refractivity contribution >= 4 is 23.3 Å². The van der Waals surface area contributed by atoms with Gasteiger partial charge in [-0.15, -0.1) is 0 Å². The van der Waals surface area contributed by atoms with Crippen LogP contribution in [0, 0.1) is 0 Å². The number of para-hydroxylation sites is 1. The summed E-state index contributed by atoms with van der Waals surface area (Å²) in [5.41, 5.74) is 2.60. The fraction of sp³-hybridized carbons (Fsp3) is 0.417. The van der Waals surface area contributed by atoms with E-state index in [-0.39, 0.29) is 11.9 Å². The van der Waals surface area contributed by atoms with Crippen LogP contribution in [0.25, 0.3) is 0 Å². The number of anilines is 2. The van der Waals surface area contributed by atoms with Crippen molar-refractivity contribution in [2.24, 2.45) is 0 Å². The fourth-order valence-electron chi connectivity index (χ4n) is 3.63. The first kappa shape index (κ1) is 20.9. The van der Waals surface area contributed by atoms with Gasteiger partial charge in [-0.3, -0.25) is 4.79 Å². The summed E-state index contributed by atoms with van der Waals surface area (Å²) in [5, 5.41) is 0. The van der Waals surface area contributed by atoms with E-state index in [1.54, 1.807) is 11.0 Å². The highest BCUT2D eigenvalue weighted by Gasteiger charge is 2.30. The van der Waals surface area contributed by atoms with Crippen LogP contribution in [0.5, 0.6) is 0 Å². The molecule has 2 aromatic carbocycles. The molecule has 0 unspecified atom stereocenters. The maximum Gasteiger partial charge on any atom is 0.340 e. The molecule has 1 saturated heterocycles. The zero-order valence-electron chi connectivity index (χ0n) is 17.8. The summed E-state index contributed by atoms with van der Waals surface area (Å²) in [5.74, 6) is -0.268. The molecule has 1 aliphatic heterocycles. The standard InChI is InChI=1S/C24H30N2O3/c1-5-25(17-18-11-7-6-8-12-18)22-19(23(28)29-24(2,3)4)13-9-14-20(22)26-16-10-15-21(26)27/h6-9,11-14H,5,10,15-17H2,1-4H3. The molecule has 3 rings (SSSR count). The maximum atomic E-state index is 13.1. The molecule has 0 bridgehead atoms. The smallest absolute Gasteiger partial charge is 0.340 e. The van der Waals surface area contributed by atoms with Gasteiger partial charge in [0, 0.05) is 26.1 Å². The topological polar surface area (TPSA) is 49.9 Å². The van der Waals surface area contributed by atoms with Crippen LogP contribution in [-0.2, 0) is 16.1 Å². The molecule has 29 heavy (non-hydrogen) atoms. The Hall–Kier alpha value is -2.82. The van der Waals surface area contributed by atoms with Gasteiger partial charge in [-0.25, -0.2) is 4.79 Å². The van der Waals surface area contributed by atoms with E-state index in [1.165, 1.54) is 0 Å². The second kappa shape index (κ2) is 8.68. The summed E-state index contributed by atoms with van der Waals surface area (Å²) in [6.45, 7) is 9.66. The largest absolute Gasteiger partial charge is 0.456 e. The van der Waals surface area contributed by atoms with Gasteiger partial charge in [0.1, 0.15) is 5.60 Å². The molecule has 154 valence electrons. The molecule has 0 spiro atoms. The van der Waals surface area contributed by atoms with Crippen molar-refractivity contribution < 1.29 is 14.3 Å². The number of rotatable bonds is 6. The van der Waals surface area contributed by atoms with Gasteiger partial charge in [0.25, 0.3) is 0 Å². The molecule has 0 radical (unpaired) electrons. The van der Waals surface area contributed by atoms with E-state index in [9.17, 15) is 9.59 Å². The van der Waals surface area contributed by atoms with Crippen molar-refractivity contribution in [1.82, 2.24) is 0 Å². The van der Waals surface area contributed by atoms with Gasteiger partial charge in [0.05, 0.1) is 16.9 Å².